The predicted molar refractivity (Wildman–Crippen MR) is 127 cm³/mol. The summed E-state index contributed by atoms with van der Waals surface area (Å²) in [5, 5.41) is 3.26. The van der Waals surface area contributed by atoms with Crippen molar-refractivity contribution in [1.82, 2.24) is 0 Å². The van der Waals surface area contributed by atoms with Crippen LogP contribution < -0.4 is 5.32 Å². The second-order valence-corrected chi connectivity index (χ2v) is 6.64. The maximum atomic E-state index is 4.75. The van der Waals surface area contributed by atoms with Crippen LogP contribution in [0.4, 0.5) is 5.69 Å². The van der Waals surface area contributed by atoms with E-state index in [0.29, 0.717) is 5.84 Å². The fourth-order valence-electron chi connectivity index (χ4n) is 3.16. The molecule has 0 amide bonds. The van der Waals surface area contributed by atoms with E-state index in [1.54, 1.807) is 6.08 Å². The van der Waals surface area contributed by atoms with Crippen molar-refractivity contribution in [3.8, 4) is 0 Å². The number of anilines is 1. The lowest BCUT2D eigenvalue weighted by atomic mass is 9.89. The molecule has 0 bridgehead atoms. The minimum atomic E-state index is 0.687. The van der Waals surface area contributed by atoms with Gasteiger partial charge < -0.3 is 5.32 Å². The van der Waals surface area contributed by atoms with Crippen molar-refractivity contribution in [2.24, 2.45) is 9.98 Å². The first-order valence-electron chi connectivity index (χ1n) is 9.50. The SMILES string of the molecule is C=CN=C(C)N=C1CC=C(c2ccccc2)C=C1c1cccc(NC(=C)C=C)c1. The molecule has 3 heteroatoms. The maximum absolute atomic E-state index is 4.75. The van der Waals surface area contributed by atoms with E-state index in [0.717, 1.165) is 34.7 Å². The first-order chi connectivity index (χ1) is 14.1. The minimum absolute atomic E-state index is 0.687. The zero-order valence-corrected chi connectivity index (χ0v) is 16.7. The largest absolute Gasteiger partial charge is 0.356 e. The zero-order chi connectivity index (χ0) is 20.6. The molecule has 1 N–H and O–H groups in total. The maximum Gasteiger partial charge on any atom is 0.125 e. The Morgan fingerprint density at radius 1 is 1.03 bits per heavy atom. The number of nitrogens with one attached hydrogen (secondary N) is 1. The fourth-order valence-corrected chi connectivity index (χ4v) is 3.16. The molecule has 1 aliphatic carbocycles. The quantitative estimate of drug-likeness (QED) is 0.339. The molecule has 0 aliphatic heterocycles. The van der Waals surface area contributed by atoms with Gasteiger partial charge in [-0.15, -0.1) is 0 Å². The number of nitrogens with zero attached hydrogens (tertiary/aromatic N) is 2. The summed E-state index contributed by atoms with van der Waals surface area (Å²) in [5.41, 5.74) is 7.23. The van der Waals surface area contributed by atoms with Crippen LogP contribution >= 0.6 is 0 Å². The van der Waals surface area contributed by atoms with Crippen LogP contribution in [0.1, 0.15) is 24.5 Å². The lowest BCUT2D eigenvalue weighted by Gasteiger charge is -2.18. The normalized spacial score (nSPS) is 15.3. The van der Waals surface area contributed by atoms with Gasteiger partial charge in [0.05, 0.1) is 5.71 Å². The van der Waals surface area contributed by atoms with Gasteiger partial charge in [-0.3, -0.25) is 0 Å². The summed E-state index contributed by atoms with van der Waals surface area (Å²) >= 11 is 0. The van der Waals surface area contributed by atoms with Crippen LogP contribution in [0.25, 0.3) is 11.1 Å². The number of amidine groups is 1. The fraction of sp³-hybridized carbons (Fsp3) is 0.0769. The van der Waals surface area contributed by atoms with Crippen molar-refractivity contribution in [2.75, 3.05) is 5.32 Å². The summed E-state index contributed by atoms with van der Waals surface area (Å²) in [6.07, 6.45) is 8.35. The van der Waals surface area contributed by atoms with Crippen molar-refractivity contribution >= 4 is 28.4 Å². The second-order valence-electron chi connectivity index (χ2n) is 6.64. The Balaban J connectivity index is 2.06. The predicted octanol–water partition coefficient (Wildman–Crippen LogP) is 6.67. The molecule has 0 unspecified atom stereocenters. The third-order valence-corrected chi connectivity index (χ3v) is 4.53. The number of aliphatic imine (C=N–C) groups is 2. The molecule has 1 aliphatic rings. The molecule has 3 nitrogen and oxygen atoms in total. The van der Waals surface area contributed by atoms with Crippen LogP contribution in [0.2, 0.25) is 0 Å². The molecule has 0 aromatic heterocycles. The monoisotopic (exact) mass is 379 g/mol. The highest BCUT2D eigenvalue weighted by Crippen LogP contribution is 2.31. The molecule has 2 aromatic carbocycles. The average Bonchev–Trinajstić information content (AvgIpc) is 2.75. The molecule has 0 fully saturated rings. The van der Waals surface area contributed by atoms with Gasteiger partial charge in [-0.1, -0.05) is 68.3 Å². The van der Waals surface area contributed by atoms with Gasteiger partial charge in [0.2, 0.25) is 0 Å². The van der Waals surface area contributed by atoms with Crippen LogP contribution in [0.3, 0.4) is 0 Å². The summed E-state index contributed by atoms with van der Waals surface area (Å²) < 4.78 is 0. The summed E-state index contributed by atoms with van der Waals surface area (Å²) in [5.74, 6) is 0.687. The van der Waals surface area contributed by atoms with Crippen LogP contribution in [0.15, 0.2) is 114 Å². The third kappa shape index (κ3) is 5.17. The Hall–Kier alpha value is -3.72. The van der Waals surface area contributed by atoms with Gasteiger partial charge in [0, 0.05) is 29.6 Å². The van der Waals surface area contributed by atoms with Crippen molar-refractivity contribution < 1.29 is 0 Å². The van der Waals surface area contributed by atoms with Gasteiger partial charge in [0.15, 0.2) is 0 Å². The van der Waals surface area contributed by atoms with Crippen LogP contribution in [0.5, 0.6) is 0 Å². The van der Waals surface area contributed by atoms with E-state index >= 15 is 0 Å². The van der Waals surface area contributed by atoms with Crippen molar-refractivity contribution in [1.29, 1.82) is 0 Å². The summed E-state index contributed by atoms with van der Waals surface area (Å²) in [7, 11) is 0. The van der Waals surface area contributed by atoms with E-state index in [4.69, 9.17) is 4.99 Å². The molecular weight excluding hydrogens is 354 g/mol. The van der Waals surface area contributed by atoms with Gasteiger partial charge in [0.25, 0.3) is 0 Å². The molecule has 29 heavy (non-hydrogen) atoms. The Bertz CT molecular complexity index is 1050. The molecular formula is C26H25N3. The molecule has 0 saturated carbocycles. The van der Waals surface area contributed by atoms with Crippen molar-refractivity contribution in [3.63, 3.8) is 0 Å². The lowest BCUT2D eigenvalue weighted by molar-refractivity contribution is 1.39. The Morgan fingerprint density at radius 3 is 2.52 bits per heavy atom. The second kappa shape index (κ2) is 9.47. The first kappa shape index (κ1) is 20.0. The molecule has 2 aromatic rings. The standard InChI is InChI=1S/C26H25N3/c1-5-19(3)28-24-14-10-13-23(17-24)25-18-22(21-11-8-7-9-12-21)15-16-26(25)29-20(4)27-6-2/h5-15,17-18,28H,1-3,16H2,4H3. The van der Waals surface area contributed by atoms with Gasteiger partial charge in [-0.25, -0.2) is 9.98 Å². The zero-order valence-electron chi connectivity index (χ0n) is 16.7. The summed E-state index contributed by atoms with van der Waals surface area (Å²) in [6, 6.07) is 18.6. The number of benzene rings is 2. The van der Waals surface area contributed by atoms with Gasteiger partial charge >= 0.3 is 0 Å². The number of hydrogen-bond donors (Lipinski definition) is 1. The number of allylic oxidation sites excluding steroid dienone is 5. The average molecular weight is 380 g/mol. The van der Waals surface area contributed by atoms with Crippen LogP contribution in [0, 0.1) is 0 Å². The van der Waals surface area contributed by atoms with E-state index in [9.17, 15) is 0 Å². The van der Waals surface area contributed by atoms with E-state index in [-0.39, 0.29) is 0 Å². The summed E-state index contributed by atoms with van der Waals surface area (Å²) in [4.78, 5) is 8.95. The van der Waals surface area contributed by atoms with E-state index in [1.165, 1.54) is 17.3 Å². The first-order valence-corrected chi connectivity index (χ1v) is 9.50. The van der Waals surface area contributed by atoms with Crippen molar-refractivity contribution in [3.05, 3.63) is 116 Å². The molecule has 144 valence electrons. The van der Waals surface area contributed by atoms with Crippen LogP contribution in [-0.4, -0.2) is 11.5 Å². The molecule has 0 radical (unpaired) electrons. The smallest absolute Gasteiger partial charge is 0.125 e. The third-order valence-electron chi connectivity index (χ3n) is 4.53. The Morgan fingerprint density at radius 2 is 1.79 bits per heavy atom. The van der Waals surface area contributed by atoms with Gasteiger partial charge in [-0.2, -0.15) is 0 Å². The molecule has 0 atom stereocenters. The minimum Gasteiger partial charge on any atom is -0.356 e. The Labute approximate surface area is 172 Å². The summed E-state index contributed by atoms with van der Waals surface area (Å²) in [6.45, 7) is 13.2. The van der Waals surface area contributed by atoms with Gasteiger partial charge in [-0.05, 0) is 47.9 Å². The van der Waals surface area contributed by atoms with E-state index < -0.39 is 0 Å². The van der Waals surface area contributed by atoms with E-state index in [2.05, 4.69) is 78.6 Å². The van der Waals surface area contributed by atoms with Crippen LogP contribution in [-0.2, 0) is 0 Å². The topological polar surface area (TPSA) is 36.8 Å². The van der Waals surface area contributed by atoms with E-state index in [1.807, 2.05) is 25.1 Å². The van der Waals surface area contributed by atoms with Gasteiger partial charge in [0.1, 0.15) is 5.84 Å². The lowest BCUT2D eigenvalue weighted by Crippen LogP contribution is -2.09. The highest BCUT2D eigenvalue weighted by Gasteiger charge is 2.16. The Kier molecular flexibility index (Phi) is 6.54. The molecule has 0 heterocycles. The molecule has 0 spiro atoms. The number of hydrogen-bond acceptors (Lipinski definition) is 2. The highest BCUT2D eigenvalue weighted by molar-refractivity contribution is 6.30. The highest BCUT2D eigenvalue weighted by atomic mass is 14.9. The number of rotatable bonds is 6. The van der Waals surface area contributed by atoms with Crippen molar-refractivity contribution in [2.45, 2.75) is 13.3 Å². The molecule has 3 rings (SSSR count). The molecule has 0 saturated heterocycles.